The molecule has 1 unspecified atom stereocenters. The number of likely N-dealkylation sites (tertiary alicyclic amines) is 1. The van der Waals surface area contributed by atoms with Gasteiger partial charge in [0.1, 0.15) is 5.69 Å². The van der Waals surface area contributed by atoms with Crippen molar-refractivity contribution in [2.45, 2.75) is 64.3 Å². The summed E-state index contributed by atoms with van der Waals surface area (Å²) in [5.74, 6) is 0.447. The standard InChI is InChI=1S/C19H27N5O/c1-4-24-16(10-15(22-24)13(2)3)18(25)23-9-5-7-19(12-23)8-6-14-11-20-21-17(14)19/h10-11,13H,4-9,12H2,1-3H3,(H,20,21). The lowest BCUT2D eigenvalue weighted by Crippen LogP contribution is -2.48. The van der Waals surface area contributed by atoms with Gasteiger partial charge in [0.05, 0.1) is 11.9 Å². The van der Waals surface area contributed by atoms with Crippen LogP contribution in [0, 0.1) is 0 Å². The first-order chi connectivity index (χ1) is 12.0. The molecule has 4 rings (SSSR count). The molecule has 25 heavy (non-hydrogen) atoms. The SMILES string of the molecule is CCn1nc(C(C)C)cc1C(=O)N1CCCC2(CCc3cn[nH]c32)C1. The molecule has 1 N–H and O–H groups in total. The number of piperidine rings is 1. The Morgan fingerprint density at radius 2 is 2.24 bits per heavy atom. The molecule has 6 nitrogen and oxygen atoms in total. The molecule has 2 aromatic heterocycles. The van der Waals surface area contributed by atoms with Crippen LogP contribution in [0.15, 0.2) is 12.3 Å². The highest BCUT2D eigenvalue weighted by molar-refractivity contribution is 5.93. The predicted molar refractivity (Wildman–Crippen MR) is 95.7 cm³/mol. The number of aryl methyl sites for hydroxylation is 2. The van der Waals surface area contributed by atoms with Crippen molar-refractivity contribution >= 4 is 5.91 Å². The van der Waals surface area contributed by atoms with Crippen LogP contribution in [-0.2, 0) is 18.4 Å². The van der Waals surface area contributed by atoms with Crippen LogP contribution in [0.1, 0.15) is 73.4 Å². The number of carbonyl (C=O) groups excluding carboxylic acids is 1. The number of rotatable bonds is 3. The van der Waals surface area contributed by atoms with Crippen molar-refractivity contribution in [2.75, 3.05) is 13.1 Å². The molecule has 6 heteroatoms. The molecule has 1 aliphatic carbocycles. The van der Waals surface area contributed by atoms with Crippen molar-refractivity contribution in [2.24, 2.45) is 0 Å². The second kappa shape index (κ2) is 6.00. The van der Waals surface area contributed by atoms with Crippen molar-refractivity contribution in [1.82, 2.24) is 24.9 Å². The number of nitrogens with zero attached hydrogens (tertiary/aromatic N) is 4. The van der Waals surface area contributed by atoms with E-state index in [2.05, 4.69) is 29.1 Å². The highest BCUT2D eigenvalue weighted by Crippen LogP contribution is 2.44. The Morgan fingerprint density at radius 1 is 1.40 bits per heavy atom. The van der Waals surface area contributed by atoms with Crippen molar-refractivity contribution in [3.63, 3.8) is 0 Å². The fourth-order valence-electron chi connectivity index (χ4n) is 4.47. The van der Waals surface area contributed by atoms with E-state index in [0.717, 1.165) is 56.7 Å². The number of carbonyl (C=O) groups is 1. The van der Waals surface area contributed by atoms with E-state index in [0.29, 0.717) is 5.92 Å². The summed E-state index contributed by atoms with van der Waals surface area (Å²) in [7, 11) is 0. The van der Waals surface area contributed by atoms with Crippen LogP contribution < -0.4 is 0 Å². The van der Waals surface area contributed by atoms with E-state index in [-0.39, 0.29) is 11.3 Å². The molecule has 1 saturated heterocycles. The maximum atomic E-state index is 13.2. The minimum atomic E-state index is 0.0672. The summed E-state index contributed by atoms with van der Waals surface area (Å²) in [5.41, 5.74) is 4.38. The Kier molecular flexibility index (Phi) is 3.93. The number of amides is 1. The lowest BCUT2D eigenvalue weighted by atomic mass is 9.77. The van der Waals surface area contributed by atoms with Gasteiger partial charge < -0.3 is 4.90 Å². The van der Waals surface area contributed by atoms with E-state index in [4.69, 9.17) is 0 Å². The molecule has 0 aromatic carbocycles. The first kappa shape index (κ1) is 16.4. The smallest absolute Gasteiger partial charge is 0.272 e. The van der Waals surface area contributed by atoms with Crippen LogP contribution in [-0.4, -0.2) is 43.9 Å². The van der Waals surface area contributed by atoms with Crippen molar-refractivity contribution < 1.29 is 4.79 Å². The van der Waals surface area contributed by atoms with Gasteiger partial charge in [-0.1, -0.05) is 13.8 Å². The van der Waals surface area contributed by atoms with Crippen LogP contribution in [0.3, 0.4) is 0 Å². The molecule has 134 valence electrons. The number of H-pyrrole nitrogens is 1. The zero-order valence-corrected chi connectivity index (χ0v) is 15.4. The van der Waals surface area contributed by atoms with Gasteiger partial charge in [-0.3, -0.25) is 14.6 Å². The topological polar surface area (TPSA) is 66.8 Å². The van der Waals surface area contributed by atoms with Gasteiger partial charge in [0.2, 0.25) is 0 Å². The summed E-state index contributed by atoms with van der Waals surface area (Å²) >= 11 is 0. The maximum absolute atomic E-state index is 13.2. The lowest BCUT2D eigenvalue weighted by molar-refractivity contribution is 0.0620. The van der Waals surface area contributed by atoms with E-state index in [1.807, 2.05) is 28.8 Å². The first-order valence-corrected chi connectivity index (χ1v) is 9.44. The Morgan fingerprint density at radius 3 is 3.00 bits per heavy atom. The van der Waals surface area contributed by atoms with E-state index < -0.39 is 0 Å². The summed E-state index contributed by atoms with van der Waals surface area (Å²) < 4.78 is 1.86. The van der Waals surface area contributed by atoms with Crippen molar-refractivity contribution in [1.29, 1.82) is 0 Å². The second-order valence-electron chi connectivity index (χ2n) is 7.81. The molecule has 0 bridgehead atoms. The third-order valence-corrected chi connectivity index (χ3v) is 5.89. The molecule has 0 saturated carbocycles. The molecular weight excluding hydrogens is 314 g/mol. The third-order valence-electron chi connectivity index (χ3n) is 5.89. The van der Waals surface area contributed by atoms with Gasteiger partial charge in [-0.05, 0) is 50.2 Å². The Bertz CT molecular complexity index is 790. The molecule has 1 amide bonds. The third kappa shape index (κ3) is 2.58. The van der Waals surface area contributed by atoms with Crippen LogP contribution >= 0.6 is 0 Å². The number of hydrogen-bond donors (Lipinski definition) is 1. The number of aromatic amines is 1. The minimum absolute atomic E-state index is 0.0672. The minimum Gasteiger partial charge on any atom is -0.336 e. The normalized spacial score (nSPS) is 22.8. The molecule has 1 fully saturated rings. The molecule has 2 aromatic rings. The molecule has 2 aliphatic rings. The molecule has 3 heterocycles. The predicted octanol–water partition coefficient (Wildman–Crippen LogP) is 2.87. The second-order valence-corrected chi connectivity index (χ2v) is 7.81. The van der Waals surface area contributed by atoms with Gasteiger partial charge in [-0.2, -0.15) is 10.2 Å². The summed E-state index contributed by atoms with van der Waals surface area (Å²) in [6, 6.07) is 1.98. The number of nitrogens with one attached hydrogen (secondary N) is 1. The summed E-state index contributed by atoms with van der Waals surface area (Å²) in [5, 5.41) is 12.1. The van der Waals surface area contributed by atoms with Gasteiger partial charge in [0, 0.05) is 30.7 Å². The largest absolute Gasteiger partial charge is 0.336 e. The highest BCUT2D eigenvalue weighted by atomic mass is 16.2. The molecule has 0 radical (unpaired) electrons. The van der Waals surface area contributed by atoms with E-state index >= 15 is 0 Å². The first-order valence-electron chi connectivity index (χ1n) is 9.44. The Hall–Kier alpha value is -2.11. The Balaban J connectivity index is 1.61. The Labute approximate surface area is 148 Å². The van der Waals surface area contributed by atoms with Crippen molar-refractivity contribution in [3.8, 4) is 0 Å². The average Bonchev–Trinajstić information content (AvgIpc) is 3.31. The average molecular weight is 341 g/mol. The van der Waals surface area contributed by atoms with Gasteiger partial charge in [0.25, 0.3) is 5.91 Å². The van der Waals surface area contributed by atoms with E-state index in [9.17, 15) is 4.79 Å². The van der Waals surface area contributed by atoms with E-state index in [1.165, 1.54) is 11.3 Å². The van der Waals surface area contributed by atoms with Gasteiger partial charge >= 0.3 is 0 Å². The quantitative estimate of drug-likeness (QED) is 0.933. The zero-order valence-electron chi connectivity index (χ0n) is 15.4. The fourth-order valence-corrected chi connectivity index (χ4v) is 4.47. The highest BCUT2D eigenvalue weighted by Gasteiger charge is 2.44. The molecule has 1 atom stereocenters. The lowest BCUT2D eigenvalue weighted by Gasteiger charge is -2.40. The number of fused-ring (bicyclic) bond motifs is 2. The van der Waals surface area contributed by atoms with Crippen LogP contribution in [0.5, 0.6) is 0 Å². The van der Waals surface area contributed by atoms with E-state index in [1.54, 1.807) is 0 Å². The maximum Gasteiger partial charge on any atom is 0.272 e. The number of hydrogen-bond acceptors (Lipinski definition) is 3. The van der Waals surface area contributed by atoms with Crippen molar-refractivity contribution in [3.05, 3.63) is 34.9 Å². The van der Waals surface area contributed by atoms with Gasteiger partial charge in [-0.25, -0.2) is 0 Å². The zero-order chi connectivity index (χ0) is 17.6. The van der Waals surface area contributed by atoms with Crippen LogP contribution in [0.25, 0.3) is 0 Å². The van der Waals surface area contributed by atoms with Gasteiger partial charge in [-0.15, -0.1) is 0 Å². The summed E-state index contributed by atoms with van der Waals surface area (Å²) in [4.78, 5) is 15.3. The van der Waals surface area contributed by atoms with Crippen LogP contribution in [0.4, 0.5) is 0 Å². The molecular formula is C19H27N5O. The van der Waals surface area contributed by atoms with Crippen LogP contribution in [0.2, 0.25) is 0 Å². The number of aromatic nitrogens is 4. The summed E-state index contributed by atoms with van der Waals surface area (Å²) in [6.07, 6.45) is 6.31. The monoisotopic (exact) mass is 341 g/mol. The molecule has 1 aliphatic heterocycles. The fraction of sp³-hybridized carbons (Fsp3) is 0.632. The summed E-state index contributed by atoms with van der Waals surface area (Å²) in [6.45, 7) is 8.61. The molecule has 1 spiro atoms. The van der Waals surface area contributed by atoms with Gasteiger partial charge in [0.15, 0.2) is 0 Å².